The SMILES string of the molecule is COc1ccc2c(c1)CCCN(C(=O)CCc1ccncn1)C2. The number of fused-ring (bicyclic) bond motifs is 1. The highest BCUT2D eigenvalue weighted by Gasteiger charge is 2.19. The lowest BCUT2D eigenvalue weighted by Gasteiger charge is -2.21. The molecule has 23 heavy (non-hydrogen) atoms. The first-order valence-corrected chi connectivity index (χ1v) is 7.95. The van der Waals surface area contributed by atoms with Crippen molar-refractivity contribution in [1.82, 2.24) is 14.9 Å². The number of methoxy groups -OCH3 is 1. The van der Waals surface area contributed by atoms with Crippen molar-refractivity contribution in [2.75, 3.05) is 13.7 Å². The maximum absolute atomic E-state index is 12.5. The van der Waals surface area contributed by atoms with E-state index in [0.29, 0.717) is 19.4 Å². The van der Waals surface area contributed by atoms with E-state index in [-0.39, 0.29) is 5.91 Å². The molecule has 0 saturated carbocycles. The first-order valence-electron chi connectivity index (χ1n) is 7.95. The molecule has 0 unspecified atom stereocenters. The fourth-order valence-electron chi connectivity index (χ4n) is 2.93. The van der Waals surface area contributed by atoms with E-state index in [4.69, 9.17) is 4.74 Å². The van der Waals surface area contributed by atoms with Gasteiger partial charge in [-0.25, -0.2) is 9.97 Å². The third kappa shape index (κ3) is 3.86. The minimum Gasteiger partial charge on any atom is -0.497 e. The Morgan fingerprint density at radius 3 is 3.00 bits per heavy atom. The van der Waals surface area contributed by atoms with Gasteiger partial charge in [0.05, 0.1) is 7.11 Å². The summed E-state index contributed by atoms with van der Waals surface area (Å²) in [4.78, 5) is 22.5. The molecule has 1 aliphatic rings. The van der Waals surface area contributed by atoms with Gasteiger partial charge in [0, 0.05) is 31.4 Å². The lowest BCUT2D eigenvalue weighted by atomic mass is 10.0. The third-order valence-corrected chi connectivity index (χ3v) is 4.24. The molecule has 5 heteroatoms. The third-order valence-electron chi connectivity index (χ3n) is 4.24. The summed E-state index contributed by atoms with van der Waals surface area (Å²) in [6, 6.07) is 7.99. The van der Waals surface area contributed by atoms with Gasteiger partial charge in [-0.2, -0.15) is 0 Å². The van der Waals surface area contributed by atoms with Crippen LogP contribution in [0.3, 0.4) is 0 Å². The molecular weight excluding hydrogens is 290 g/mol. The smallest absolute Gasteiger partial charge is 0.223 e. The zero-order valence-electron chi connectivity index (χ0n) is 13.4. The molecule has 1 aromatic heterocycles. The molecule has 2 aromatic rings. The number of carbonyl (C=O) groups is 1. The molecule has 0 N–H and O–H groups in total. The van der Waals surface area contributed by atoms with Gasteiger partial charge in [-0.3, -0.25) is 4.79 Å². The molecule has 0 aliphatic carbocycles. The monoisotopic (exact) mass is 311 g/mol. The molecular formula is C18H21N3O2. The summed E-state index contributed by atoms with van der Waals surface area (Å²) in [5.74, 6) is 1.07. The summed E-state index contributed by atoms with van der Waals surface area (Å²) in [6.45, 7) is 1.49. The quantitative estimate of drug-likeness (QED) is 0.870. The van der Waals surface area contributed by atoms with Crippen LogP contribution in [-0.4, -0.2) is 34.4 Å². The summed E-state index contributed by atoms with van der Waals surface area (Å²) in [5, 5.41) is 0. The lowest BCUT2D eigenvalue weighted by molar-refractivity contribution is -0.131. The first-order chi connectivity index (χ1) is 11.3. The first kappa shape index (κ1) is 15.5. The van der Waals surface area contributed by atoms with Crippen LogP contribution in [0.2, 0.25) is 0 Å². The van der Waals surface area contributed by atoms with E-state index < -0.39 is 0 Å². The number of hydrogen-bond donors (Lipinski definition) is 0. The number of carbonyl (C=O) groups excluding carboxylic acids is 1. The molecule has 0 bridgehead atoms. The van der Waals surface area contributed by atoms with E-state index in [1.807, 2.05) is 17.0 Å². The minimum atomic E-state index is 0.187. The number of rotatable bonds is 4. The summed E-state index contributed by atoms with van der Waals surface area (Å²) in [7, 11) is 1.68. The minimum absolute atomic E-state index is 0.187. The maximum atomic E-state index is 12.5. The fraction of sp³-hybridized carbons (Fsp3) is 0.389. The Kier molecular flexibility index (Phi) is 4.86. The molecule has 1 aliphatic heterocycles. The molecule has 0 fully saturated rings. The second-order valence-electron chi connectivity index (χ2n) is 5.75. The van der Waals surface area contributed by atoms with Gasteiger partial charge < -0.3 is 9.64 Å². The van der Waals surface area contributed by atoms with Crippen LogP contribution in [0, 0.1) is 0 Å². The van der Waals surface area contributed by atoms with E-state index in [2.05, 4.69) is 22.1 Å². The molecule has 1 aromatic carbocycles. The van der Waals surface area contributed by atoms with Crippen molar-refractivity contribution >= 4 is 5.91 Å². The molecule has 0 atom stereocenters. The molecule has 2 heterocycles. The summed E-state index contributed by atoms with van der Waals surface area (Å²) >= 11 is 0. The normalized spacial score (nSPS) is 14.0. The molecule has 1 amide bonds. The number of ether oxygens (including phenoxy) is 1. The number of aryl methyl sites for hydroxylation is 2. The average molecular weight is 311 g/mol. The zero-order chi connectivity index (χ0) is 16.1. The van der Waals surface area contributed by atoms with Gasteiger partial charge >= 0.3 is 0 Å². The second kappa shape index (κ2) is 7.22. The van der Waals surface area contributed by atoms with E-state index in [9.17, 15) is 4.79 Å². The summed E-state index contributed by atoms with van der Waals surface area (Å²) in [5.41, 5.74) is 3.42. The van der Waals surface area contributed by atoms with Crippen LogP contribution >= 0.6 is 0 Å². The molecule has 0 spiro atoms. The van der Waals surface area contributed by atoms with Gasteiger partial charge in [0.15, 0.2) is 0 Å². The number of benzene rings is 1. The maximum Gasteiger partial charge on any atom is 0.223 e. The topological polar surface area (TPSA) is 55.3 Å². The largest absolute Gasteiger partial charge is 0.497 e. The van der Waals surface area contributed by atoms with Crippen LogP contribution in [0.25, 0.3) is 0 Å². The summed E-state index contributed by atoms with van der Waals surface area (Å²) in [6.07, 6.45) is 6.36. The molecule has 0 radical (unpaired) electrons. The zero-order valence-corrected chi connectivity index (χ0v) is 13.4. The van der Waals surface area contributed by atoms with E-state index in [1.165, 1.54) is 17.5 Å². The van der Waals surface area contributed by atoms with Crippen LogP contribution in [0.4, 0.5) is 0 Å². The van der Waals surface area contributed by atoms with Gasteiger partial charge in [-0.15, -0.1) is 0 Å². The Morgan fingerprint density at radius 2 is 2.22 bits per heavy atom. The Morgan fingerprint density at radius 1 is 1.30 bits per heavy atom. The molecule has 0 saturated heterocycles. The van der Waals surface area contributed by atoms with Crippen molar-refractivity contribution in [2.45, 2.75) is 32.2 Å². The predicted octanol–water partition coefficient (Wildman–Crippen LogP) is 2.39. The van der Waals surface area contributed by atoms with Gasteiger partial charge in [0.25, 0.3) is 0 Å². The highest BCUT2D eigenvalue weighted by molar-refractivity contribution is 5.76. The van der Waals surface area contributed by atoms with Gasteiger partial charge in [0.2, 0.25) is 5.91 Å². The molecule has 5 nitrogen and oxygen atoms in total. The Bertz CT molecular complexity index is 673. The van der Waals surface area contributed by atoms with Crippen molar-refractivity contribution in [3.63, 3.8) is 0 Å². The fourth-order valence-corrected chi connectivity index (χ4v) is 2.93. The number of hydrogen-bond acceptors (Lipinski definition) is 4. The van der Waals surface area contributed by atoms with Crippen LogP contribution < -0.4 is 4.74 Å². The Labute approximate surface area is 136 Å². The number of aromatic nitrogens is 2. The Balaban J connectivity index is 1.64. The average Bonchev–Trinajstić information content (AvgIpc) is 2.82. The lowest BCUT2D eigenvalue weighted by Crippen LogP contribution is -2.30. The second-order valence-corrected chi connectivity index (χ2v) is 5.75. The molecule has 3 rings (SSSR count). The van der Waals surface area contributed by atoms with E-state index >= 15 is 0 Å². The van der Waals surface area contributed by atoms with E-state index in [0.717, 1.165) is 30.8 Å². The van der Waals surface area contributed by atoms with Crippen LogP contribution in [0.5, 0.6) is 5.75 Å². The van der Waals surface area contributed by atoms with Crippen molar-refractivity contribution in [1.29, 1.82) is 0 Å². The van der Waals surface area contributed by atoms with Crippen LogP contribution in [-0.2, 0) is 24.2 Å². The number of amides is 1. The van der Waals surface area contributed by atoms with Crippen LogP contribution in [0.1, 0.15) is 29.7 Å². The highest BCUT2D eigenvalue weighted by atomic mass is 16.5. The standard InChI is InChI=1S/C18H21N3O2/c1-23-17-6-4-15-12-21(10-2-3-14(15)11-17)18(22)7-5-16-8-9-19-13-20-16/h4,6,8-9,11,13H,2-3,5,7,10,12H2,1H3. The number of nitrogens with zero attached hydrogens (tertiary/aromatic N) is 3. The van der Waals surface area contributed by atoms with Crippen LogP contribution in [0.15, 0.2) is 36.8 Å². The van der Waals surface area contributed by atoms with Gasteiger partial charge in [-0.05, 0) is 48.6 Å². The van der Waals surface area contributed by atoms with Gasteiger partial charge in [0.1, 0.15) is 12.1 Å². The Hall–Kier alpha value is -2.43. The highest BCUT2D eigenvalue weighted by Crippen LogP contribution is 2.24. The van der Waals surface area contributed by atoms with Gasteiger partial charge in [-0.1, -0.05) is 6.07 Å². The summed E-state index contributed by atoms with van der Waals surface area (Å²) < 4.78 is 5.29. The predicted molar refractivity (Wildman–Crippen MR) is 87.1 cm³/mol. The van der Waals surface area contributed by atoms with Crippen molar-refractivity contribution in [2.24, 2.45) is 0 Å². The molecule has 120 valence electrons. The van der Waals surface area contributed by atoms with Crippen molar-refractivity contribution in [3.8, 4) is 5.75 Å². The van der Waals surface area contributed by atoms with Crippen molar-refractivity contribution in [3.05, 3.63) is 53.6 Å². The van der Waals surface area contributed by atoms with E-state index in [1.54, 1.807) is 13.3 Å². The van der Waals surface area contributed by atoms with Crippen molar-refractivity contribution < 1.29 is 9.53 Å².